The smallest absolute Gasteiger partial charge is 0.343 e. The van der Waals surface area contributed by atoms with Gasteiger partial charge in [-0.3, -0.25) is 4.79 Å². The van der Waals surface area contributed by atoms with E-state index in [1.807, 2.05) is 66.7 Å². The van der Waals surface area contributed by atoms with Crippen LogP contribution in [0.25, 0.3) is 38.9 Å². The summed E-state index contributed by atoms with van der Waals surface area (Å²) in [6, 6.07) is 21.9. The van der Waals surface area contributed by atoms with Crippen molar-refractivity contribution in [2.75, 3.05) is 0 Å². The highest BCUT2D eigenvalue weighted by molar-refractivity contribution is 5.98. The lowest BCUT2D eigenvalue weighted by atomic mass is 9.71. The van der Waals surface area contributed by atoms with E-state index in [0.29, 0.717) is 24.9 Å². The number of hydrogen-bond acceptors (Lipinski definition) is 4. The molecule has 1 saturated carbocycles. The number of nitrogens with zero attached hydrogens (tertiary/aromatic N) is 3. The lowest BCUT2D eigenvalue weighted by Crippen LogP contribution is -2.50. The van der Waals surface area contributed by atoms with Crippen molar-refractivity contribution in [3.63, 3.8) is 0 Å². The molecular formula is C34H30FN5O2. The number of benzene rings is 2. The molecule has 8 heteroatoms. The quantitative estimate of drug-likeness (QED) is 0.130. The molecule has 2 N–H and O–H groups in total. The molecule has 3 aromatic heterocycles. The number of unbranched alkanes of at least 4 members (excludes halogenated alkanes) is 1. The van der Waals surface area contributed by atoms with E-state index in [1.165, 1.54) is 16.6 Å². The third kappa shape index (κ3) is 5.21. The Morgan fingerprint density at radius 2 is 1.93 bits per heavy atom. The Balaban J connectivity index is 1.31. The summed E-state index contributed by atoms with van der Waals surface area (Å²) in [5, 5.41) is 10.6. The van der Waals surface area contributed by atoms with Gasteiger partial charge in [0.05, 0.1) is 16.7 Å². The molecule has 0 radical (unpaired) electrons. The maximum Gasteiger partial charge on any atom is 0.347 e. The van der Waals surface area contributed by atoms with Crippen molar-refractivity contribution in [3.05, 3.63) is 101 Å². The van der Waals surface area contributed by atoms with E-state index in [4.69, 9.17) is 11.4 Å². The summed E-state index contributed by atoms with van der Waals surface area (Å²) in [5.41, 5.74) is 5.10. The van der Waals surface area contributed by atoms with E-state index < -0.39 is 11.7 Å². The average molecular weight is 560 g/mol. The molecule has 6 rings (SSSR count). The zero-order valence-corrected chi connectivity index (χ0v) is 23.0. The van der Waals surface area contributed by atoms with Crippen LogP contribution in [0.2, 0.25) is 0 Å². The van der Waals surface area contributed by atoms with E-state index in [0.717, 1.165) is 58.1 Å². The molecule has 3 heterocycles. The zero-order chi connectivity index (χ0) is 29.1. The van der Waals surface area contributed by atoms with Gasteiger partial charge in [-0.05, 0) is 61.4 Å². The number of alkyl halides is 1. The number of rotatable bonds is 9. The summed E-state index contributed by atoms with van der Waals surface area (Å²) in [6.45, 7) is 0. The number of terminal acetylenes is 1. The molecule has 1 aliphatic carbocycles. The average Bonchev–Trinajstić information content (AvgIpc) is 3.39. The molecule has 0 spiro atoms. The highest BCUT2D eigenvalue weighted by Gasteiger charge is 2.39. The van der Waals surface area contributed by atoms with Crippen molar-refractivity contribution >= 4 is 22.5 Å². The number of aromatic nitrogens is 4. The molecule has 7 nitrogen and oxygen atoms in total. The van der Waals surface area contributed by atoms with Crippen molar-refractivity contribution < 1.29 is 9.18 Å². The Morgan fingerprint density at radius 1 is 1.14 bits per heavy atom. The molecule has 2 aromatic carbocycles. The first-order valence-electron chi connectivity index (χ1n) is 14.1. The van der Waals surface area contributed by atoms with E-state index in [1.54, 1.807) is 6.20 Å². The maximum atomic E-state index is 14.1. The molecule has 1 aliphatic rings. The number of allylic oxidation sites excluding steroid dienone is 1. The third-order valence-corrected chi connectivity index (χ3v) is 8.00. The molecule has 1 fully saturated rings. The van der Waals surface area contributed by atoms with Gasteiger partial charge in [0, 0.05) is 35.2 Å². The van der Waals surface area contributed by atoms with Crippen LogP contribution in [0.5, 0.6) is 0 Å². The first kappa shape index (κ1) is 27.2. The predicted octanol–water partition coefficient (Wildman–Crippen LogP) is 6.10. The van der Waals surface area contributed by atoms with Crippen LogP contribution in [0, 0.1) is 12.3 Å². The topological polar surface area (TPSA) is 92.2 Å². The number of aromatic amines is 1. The lowest BCUT2D eigenvalue weighted by Gasteiger charge is -2.43. The number of H-pyrrole nitrogens is 1. The number of amides is 1. The van der Waals surface area contributed by atoms with Crippen molar-refractivity contribution in [1.29, 1.82) is 0 Å². The number of carbonyl (C=O) groups excluding carboxylic acids is 1. The Labute approximate surface area is 242 Å². The summed E-state index contributed by atoms with van der Waals surface area (Å²) in [6.07, 6.45) is 12.4. The zero-order valence-electron chi connectivity index (χ0n) is 23.0. The summed E-state index contributed by atoms with van der Waals surface area (Å²) in [5.74, 6) is 2.20. The van der Waals surface area contributed by atoms with E-state index in [9.17, 15) is 14.0 Å². The van der Waals surface area contributed by atoms with Gasteiger partial charge in [-0.25, -0.2) is 23.7 Å². The van der Waals surface area contributed by atoms with Crippen LogP contribution >= 0.6 is 0 Å². The highest BCUT2D eigenvalue weighted by Crippen LogP contribution is 2.42. The van der Waals surface area contributed by atoms with Crippen LogP contribution in [0.1, 0.15) is 44.1 Å². The first-order chi connectivity index (χ1) is 20.5. The normalized spacial score (nSPS) is 15.0. The van der Waals surface area contributed by atoms with Gasteiger partial charge in [0.2, 0.25) is 5.91 Å². The van der Waals surface area contributed by atoms with Crippen LogP contribution in [0.4, 0.5) is 4.39 Å². The number of fused-ring (bicyclic) bond motifs is 3. The number of pyridine rings is 2. The maximum absolute atomic E-state index is 14.1. The Morgan fingerprint density at radius 3 is 2.64 bits per heavy atom. The molecule has 210 valence electrons. The lowest BCUT2D eigenvalue weighted by molar-refractivity contribution is -0.119. The van der Waals surface area contributed by atoms with Crippen LogP contribution in [0.3, 0.4) is 0 Å². The van der Waals surface area contributed by atoms with Gasteiger partial charge in [-0.1, -0.05) is 54.6 Å². The SMILES string of the molecule is C#CCCCC(F)C=CC(=O)NC1(c2ccc(-c3nc4ccn5c(=O)[nH]nc5c4cc3-c3ccccc3)cc2)CCC1. The van der Waals surface area contributed by atoms with Crippen molar-refractivity contribution in [2.45, 2.75) is 50.2 Å². The van der Waals surface area contributed by atoms with E-state index in [-0.39, 0.29) is 11.6 Å². The van der Waals surface area contributed by atoms with Crippen molar-refractivity contribution in [1.82, 2.24) is 24.9 Å². The van der Waals surface area contributed by atoms with Gasteiger partial charge in [0.25, 0.3) is 0 Å². The molecule has 0 saturated heterocycles. The van der Waals surface area contributed by atoms with Gasteiger partial charge < -0.3 is 5.32 Å². The number of carbonyl (C=O) groups is 1. The second-order valence-corrected chi connectivity index (χ2v) is 10.7. The second-order valence-electron chi connectivity index (χ2n) is 10.7. The van der Waals surface area contributed by atoms with Gasteiger partial charge in [-0.15, -0.1) is 12.3 Å². The number of nitrogens with one attached hydrogen (secondary N) is 2. The first-order valence-corrected chi connectivity index (χ1v) is 14.1. The third-order valence-electron chi connectivity index (χ3n) is 8.00. The minimum atomic E-state index is -1.20. The molecule has 1 unspecified atom stereocenters. The Kier molecular flexibility index (Phi) is 7.41. The molecular weight excluding hydrogens is 529 g/mol. The molecule has 5 aromatic rings. The van der Waals surface area contributed by atoms with Crippen molar-refractivity contribution in [2.24, 2.45) is 0 Å². The fourth-order valence-corrected chi connectivity index (χ4v) is 5.60. The minimum absolute atomic E-state index is 0.301. The van der Waals surface area contributed by atoms with Crippen LogP contribution < -0.4 is 11.0 Å². The van der Waals surface area contributed by atoms with Crippen molar-refractivity contribution in [3.8, 4) is 34.7 Å². The molecule has 0 aliphatic heterocycles. The van der Waals surface area contributed by atoms with E-state index in [2.05, 4.69) is 21.4 Å². The van der Waals surface area contributed by atoms with Crippen LogP contribution in [-0.2, 0) is 10.3 Å². The fraction of sp³-hybridized carbons (Fsp3) is 0.235. The summed E-state index contributed by atoms with van der Waals surface area (Å²) >= 11 is 0. The van der Waals surface area contributed by atoms with Crippen LogP contribution in [0.15, 0.2) is 89.9 Å². The Bertz CT molecular complexity index is 1880. The summed E-state index contributed by atoms with van der Waals surface area (Å²) in [7, 11) is 0. The van der Waals surface area contributed by atoms with Gasteiger partial charge in [-0.2, -0.15) is 5.10 Å². The van der Waals surface area contributed by atoms with Gasteiger partial charge in [0.1, 0.15) is 6.17 Å². The molecule has 1 amide bonds. The largest absolute Gasteiger partial charge is 0.347 e. The predicted molar refractivity (Wildman–Crippen MR) is 162 cm³/mol. The van der Waals surface area contributed by atoms with Gasteiger partial charge in [0.15, 0.2) is 5.65 Å². The standard InChI is InChI=1S/C34H30FN5O2/c1-2-3-5-11-26(35)16-17-30(41)37-34(19-8-20-34)25-14-12-24(13-15-25)31-27(23-9-6-4-7-10-23)22-28-29(36-31)18-21-40-32(28)38-39-33(40)42/h1,4,6-7,9-10,12-18,21-22,26H,3,5,8,11,19-20H2,(H,37,41)(H,39,42). The van der Waals surface area contributed by atoms with E-state index >= 15 is 0 Å². The number of hydrogen-bond donors (Lipinski definition) is 2. The Hall–Kier alpha value is -5.03. The molecule has 42 heavy (non-hydrogen) atoms. The molecule has 1 atom stereocenters. The van der Waals surface area contributed by atoms with Gasteiger partial charge >= 0.3 is 5.69 Å². The summed E-state index contributed by atoms with van der Waals surface area (Å²) in [4.78, 5) is 29.9. The molecule has 0 bridgehead atoms. The minimum Gasteiger partial charge on any atom is -0.343 e. The number of halogens is 1. The fourth-order valence-electron chi connectivity index (χ4n) is 5.60. The summed E-state index contributed by atoms with van der Waals surface area (Å²) < 4.78 is 15.6. The van der Waals surface area contributed by atoms with Crippen LogP contribution in [-0.4, -0.2) is 31.7 Å². The monoisotopic (exact) mass is 559 g/mol. The highest BCUT2D eigenvalue weighted by atomic mass is 19.1. The second kappa shape index (κ2) is 11.5.